The summed E-state index contributed by atoms with van der Waals surface area (Å²) in [7, 11) is 3.01. The Labute approximate surface area is 125 Å². The number of ether oxygens (including phenoxy) is 2. The maximum atomic E-state index is 11.9. The van der Waals surface area contributed by atoms with Crippen LogP contribution < -0.4 is 14.8 Å². The molecule has 22 heavy (non-hydrogen) atoms. The summed E-state index contributed by atoms with van der Waals surface area (Å²) in [4.78, 5) is 25.4. The maximum absolute atomic E-state index is 11.9. The average molecular weight is 306 g/mol. The summed E-state index contributed by atoms with van der Waals surface area (Å²) in [5.74, 6) is 0.402. The van der Waals surface area contributed by atoms with E-state index >= 15 is 0 Å². The fourth-order valence-electron chi connectivity index (χ4n) is 1.77. The van der Waals surface area contributed by atoms with Gasteiger partial charge in [-0.1, -0.05) is 0 Å². The molecule has 1 aromatic carbocycles. The van der Waals surface area contributed by atoms with E-state index in [1.165, 1.54) is 31.3 Å². The smallest absolute Gasteiger partial charge is 0.381 e. The Hall–Kier alpha value is -3.10. The molecule has 1 amide bonds. The predicted octanol–water partition coefficient (Wildman–Crippen LogP) is 1.45. The Balaban J connectivity index is 2.06. The van der Waals surface area contributed by atoms with Gasteiger partial charge in [0.05, 0.1) is 14.2 Å². The van der Waals surface area contributed by atoms with Crippen molar-refractivity contribution in [1.82, 2.24) is 9.55 Å². The molecule has 0 radical (unpaired) electrons. The number of amides is 1. The molecule has 2 aromatic rings. The van der Waals surface area contributed by atoms with Crippen LogP contribution in [0.2, 0.25) is 0 Å². The summed E-state index contributed by atoms with van der Waals surface area (Å²) >= 11 is 0. The Bertz CT molecular complexity index is 675. The minimum absolute atomic E-state index is 0.0969. The molecule has 0 saturated carbocycles. The predicted molar refractivity (Wildman–Crippen MR) is 77.1 cm³/mol. The highest BCUT2D eigenvalue weighted by molar-refractivity contribution is 5.91. The van der Waals surface area contributed by atoms with Crippen molar-refractivity contribution >= 4 is 17.4 Å². The number of carbonyl (C=O) groups is 1. The normalized spacial score (nSPS) is 10.1. The summed E-state index contributed by atoms with van der Waals surface area (Å²) in [6.45, 7) is -0.0969. The number of aromatic nitrogens is 2. The zero-order chi connectivity index (χ0) is 16.1. The second kappa shape index (κ2) is 6.57. The third-order valence-electron chi connectivity index (χ3n) is 2.77. The van der Waals surface area contributed by atoms with Gasteiger partial charge < -0.3 is 29.5 Å². The molecule has 9 heteroatoms. The molecule has 0 aliphatic heterocycles. The summed E-state index contributed by atoms with van der Waals surface area (Å²) < 4.78 is 11.5. The van der Waals surface area contributed by atoms with Gasteiger partial charge in [-0.2, -0.15) is 0 Å². The number of nitrogens with one attached hydrogen (secondary N) is 1. The standard InChI is InChI=1S/C13H14N4O5/c1-21-10-3-9(4-11(5-10)22-2)15-13(18)7-16-6-12(14-8-16)17(19)20/h3-6,8H,7H2,1-2H3,(H,15,18). The van der Waals surface area contributed by atoms with Crippen LogP contribution in [0.1, 0.15) is 0 Å². The number of nitrogens with zero attached hydrogens (tertiary/aromatic N) is 3. The molecule has 0 saturated heterocycles. The van der Waals surface area contributed by atoms with Crippen molar-refractivity contribution in [2.24, 2.45) is 0 Å². The maximum Gasteiger partial charge on any atom is 0.381 e. The zero-order valence-electron chi connectivity index (χ0n) is 12.0. The molecule has 9 nitrogen and oxygen atoms in total. The minimum Gasteiger partial charge on any atom is -0.497 e. The number of hydrogen-bond donors (Lipinski definition) is 1. The molecule has 0 aliphatic rings. The number of imidazole rings is 1. The van der Waals surface area contributed by atoms with Crippen molar-refractivity contribution in [2.75, 3.05) is 19.5 Å². The van der Waals surface area contributed by atoms with Gasteiger partial charge >= 0.3 is 5.82 Å². The molecule has 0 atom stereocenters. The second-order valence-electron chi connectivity index (χ2n) is 4.31. The van der Waals surface area contributed by atoms with Gasteiger partial charge in [-0.05, 0) is 9.91 Å². The number of hydrogen-bond acceptors (Lipinski definition) is 6. The Morgan fingerprint density at radius 3 is 2.45 bits per heavy atom. The molecule has 116 valence electrons. The summed E-state index contributed by atoms with van der Waals surface area (Å²) in [6, 6.07) is 4.95. The van der Waals surface area contributed by atoms with Gasteiger partial charge in [0.25, 0.3) is 0 Å². The average Bonchev–Trinajstić information content (AvgIpc) is 2.95. The fraction of sp³-hybridized carbons (Fsp3) is 0.231. The number of rotatable bonds is 6. The second-order valence-corrected chi connectivity index (χ2v) is 4.31. The van der Waals surface area contributed by atoms with E-state index in [1.807, 2.05) is 0 Å². The van der Waals surface area contributed by atoms with Gasteiger partial charge in [0.15, 0.2) is 0 Å². The van der Waals surface area contributed by atoms with Crippen LogP contribution in [0.4, 0.5) is 11.5 Å². The van der Waals surface area contributed by atoms with E-state index in [-0.39, 0.29) is 18.3 Å². The third kappa shape index (κ3) is 3.72. The minimum atomic E-state index is -0.624. The summed E-state index contributed by atoms with van der Waals surface area (Å²) in [6.07, 6.45) is 2.41. The van der Waals surface area contributed by atoms with Crippen molar-refractivity contribution in [3.63, 3.8) is 0 Å². The Morgan fingerprint density at radius 1 is 1.32 bits per heavy atom. The quantitative estimate of drug-likeness (QED) is 0.639. The lowest BCUT2D eigenvalue weighted by atomic mass is 10.2. The van der Waals surface area contributed by atoms with Crippen molar-refractivity contribution in [3.05, 3.63) is 40.8 Å². The SMILES string of the molecule is COc1cc(NC(=O)Cn2cnc([N+](=O)[O-])c2)cc(OC)c1. The van der Waals surface area contributed by atoms with E-state index in [2.05, 4.69) is 10.3 Å². The molecule has 0 unspecified atom stereocenters. The molecular weight excluding hydrogens is 292 g/mol. The topological polar surface area (TPSA) is 109 Å². The molecule has 1 heterocycles. The van der Waals surface area contributed by atoms with Crippen LogP contribution in [0, 0.1) is 10.1 Å². The number of methoxy groups -OCH3 is 2. The van der Waals surface area contributed by atoms with Crippen LogP contribution >= 0.6 is 0 Å². The van der Waals surface area contributed by atoms with E-state index in [9.17, 15) is 14.9 Å². The van der Waals surface area contributed by atoms with Gasteiger partial charge in [-0.3, -0.25) is 4.79 Å². The van der Waals surface area contributed by atoms with Crippen molar-refractivity contribution in [3.8, 4) is 11.5 Å². The van der Waals surface area contributed by atoms with Crippen molar-refractivity contribution < 1.29 is 19.2 Å². The first-order valence-corrected chi connectivity index (χ1v) is 6.21. The highest BCUT2D eigenvalue weighted by Crippen LogP contribution is 2.25. The first-order valence-electron chi connectivity index (χ1n) is 6.21. The zero-order valence-corrected chi connectivity index (χ0v) is 12.0. The number of nitro groups is 1. The van der Waals surface area contributed by atoms with Gasteiger partial charge in [0.1, 0.15) is 24.2 Å². The van der Waals surface area contributed by atoms with Crippen LogP contribution in [-0.2, 0) is 11.3 Å². The van der Waals surface area contributed by atoms with Crippen molar-refractivity contribution in [1.29, 1.82) is 0 Å². The van der Waals surface area contributed by atoms with Crippen LogP contribution in [0.25, 0.3) is 0 Å². The van der Waals surface area contributed by atoms with E-state index in [0.717, 1.165) is 0 Å². The number of benzene rings is 1. The van der Waals surface area contributed by atoms with Gasteiger partial charge in [0.2, 0.25) is 12.2 Å². The van der Waals surface area contributed by atoms with Crippen LogP contribution in [0.3, 0.4) is 0 Å². The van der Waals surface area contributed by atoms with Gasteiger partial charge in [-0.25, -0.2) is 0 Å². The molecule has 0 fully saturated rings. The lowest BCUT2D eigenvalue weighted by Gasteiger charge is -2.09. The molecule has 2 rings (SSSR count). The monoisotopic (exact) mass is 306 g/mol. The van der Waals surface area contributed by atoms with E-state index in [0.29, 0.717) is 17.2 Å². The first kappa shape index (κ1) is 15.3. The third-order valence-corrected chi connectivity index (χ3v) is 2.77. The van der Waals surface area contributed by atoms with E-state index in [4.69, 9.17) is 9.47 Å². The van der Waals surface area contributed by atoms with Crippen LogP contribution in [0.5, 0.6) is 11.5 Å². The van der Waals surface area contributed by atoms with Gasteiger partial charge in [0, 0.05) is 23.9 Å². The summed E-state index contributed by atoms with van der Waals surface area (Å²) in [5.41, 5.74) is 0.496. The first-order chi connectivity index (χ1) is 10.5. The molecule has 0 spiro atoms. The van der Waals surface area contributed by atoms with Crippen molar-refractivity contribution in [2.45, 2.75) is 6.54 Å². The van der Waals surface area contributed by atoms with Gasteiger partial charge in [-0.15, -0.1) is 0 Å². The van der Waals surface area contributed by atoms with Crippen LogP contribution in [-0.4, -0.2) is 34.6 Å². The molecule has 0 aliphatic carbocycles. The highest BCUT2D eigenvalue weighted by atomic mass is 16.6. The molecule has 1 N–H and O–H groups in total. The number of anilines is 1. The molecule has 0 bridgehead atoms. The lowest BCUT2D eigenvalue weighted by molar-refractivity contribution is -0.389. The Morgan fingerprint density at radius 2 is 1.95 bits per heavy atom. The summed E-state index contributed by atoms with van der Waals surface area (Å²) in [5, 5.41) is 13.2. The van der Waals surface area contributed by atoms with E-state index in [1.54, 1.807) is 18.2 Å². The molecular formula is C13H14N4O5. The molecule has 1 aromatic heterocycles. The van der Waals surface area contributed by atoms with E-state index < -0.39 is 4.92 Å². The number of carbonyl (C=O) groups excluding carboxylic acids is 1. The largest absolute Gasteiger partial charge is 0.497 e. The van der Waals surface area contributed by atoms with Crippen LogP contribution in [0.15, 0.2) is 30.7 Å². The fourth-order valence-corrected chi connectivity index (χ4v) is 1.77. The highest BCUT2D eigenvalue weighted by Gasteiger charge is 2.12. The Kier molecular flexibility index (Phi) is 4.57. The lowest BCUT2D eigenvalue weighted by Crippen LogP contribution is -2.18.